The number of nitrogens with zero attached hydrogens (tertiary/aromatic N) is 4. The lowest BCUT2D eigenvalue weighted by atomic mass is 9.81. The molecule has 1 aliphatic carbocycles. The molecule has 864 valence electrons. The number of aliphatic hydroxyl groups excluding tert-OH is 5. The monoisotopic (exact) mass is 2160 g/mol. The number of hydrogen-bond donors (Lipinski definition) is 12. The normalized spacial score (nSPS) is 18.4. The third-order valence-electron chi connectivity index (χ3n) is 26.0. The van der Waals surface area contributed by atoms with E-state index in [9.17, 15) is 82.1 Å². The van der Waals surface area contributed by atoms with Gasteiger partial charge in [-0.25, -0.2) is 4.79 Å². The van der Waals surface area contributed by atoms with Crippen molar-refractivity contribution < 1.29 is 169 Å². The molecule has 0 bridgehead atoms. The number of rotatable bonds is 73. The highest BCUT2D eigenvalue weighted by Crippen LogP contribution is 2.34. The van der Waals surface area contributed by atoms with E-state index in [0.717, 1.165) is 31.2 Å². The Balaban J connectivity index is 0.00000130. The van der Waals surface area contributed by atoms with Gasteiger partial charge < -0.3 is 139 Å². The third-order valence-corrected chi connectivity index (χ3v) is 27.2. The first-order valence-corrected chi connectivity index (χ1v) is 53.5. The van der Waals surface area contributed by atoms with Crippen molar-refractivity contribution >= 4 is 101 Å². The number of benzene rings is 1. The second-order valence-electron chi connectivity index (χ2n) is 38.2. The first-order valence-electron chi connectivity index (χ1n) is 52.5. The topological polar surface area (TPSA) is 592 Å². The lowest BCUT2D eigenvalue weighted by Gasteiger charge is -2.41. The summed E-state index contributed by atoms with van der Waals surface area (Å²) in [7, 11) is 15.7. The minimum Gasteiger partial charge on any atom is -0.481 e. The van der Waals surface area contributed by atoms with Crippen molar-refractivity contribution in [3.8, 4) is 0 Å². The number of likely N-dealkylation sites (tertiary alicyclic amines) is 2. The van der Waals surface area contributed by atoms with E-state index in [1.165, 1.54) is 66.2 Å². The summed E-state index contributed by atoms with van der Waals surface area (Å²) in [6.07, 6.45) is 3.00. The Morgan fingerprint density at radius 2 is 1.03 bits per heavy atom. The van der Waals surface area contributed by atoms with Crippen LogP contribution in [0.25, 0.3) is 0 Å². The largest absolute Gasteiger partial charge is 0.481 e. The van der Waals surface area contributed by atoms with Crippen molar-refractivity contribution in [2.45, 2.75) is 340 Å². The van der Waals surface area contributed by atoms with Crippen LogP contribution < -0.4 is 31.9 Å². The zero-order valence-corrected chi connectivity index (χ0v) is 93.6. The number of likely N-dealkylation sites (N-methyl/N-ethyl adjacent to an activating group) is 2. The number of hydrogen-bond acceptors (Lipinski definition) is 36. The van der Waals surface area contributed by atoms with Gasteiger partial charge in [-0.1, -0.05) is 113 Å². The molecule has 1 aromatic carbocycles. The van der Waals surface area contributed by atoms with E-state index in [2.05, 4.69) is 31.9 Å². The van der Waals surface area contributed by atoms with Crippen LogP contribution in [0.2, 0.25) is 0 Å². The number of nitrogens with one attached hydrogen (secondary N) is 6. The van der Waals surface area contributed by atoms with Gasteiger partial charge in [0.25, 0.3) is 0 Å². The van der Waals surface area contributed by atoms with Gasteiger partial charge >= 0.3 is 29.8 Å². The van der Waals surface area contributed by atoms with Gasteiger partial charge in [-0.15, -0.1) is 11.8 Å². The molecule has 12 N–H and O–H groups in total. The first-order chi connectivity index (χ1) is 71.4. The summed E-state index contributed by atoms with van der Waals surface area (Å²) in [6.45, 7) is 22.5. The van der Waals surface area contributed by atoms with Crippen LogP contribution in [-0.4, -0.2) is 405 Å². The number of carboxylic acid groups (broad SMARTS) is 1. The molecule has 0 spiro atoms. The summed E-state index contributed by atoms with van der Waals surface area (Å²) in [5, 5.41) is 69.6. The van der Waals surface area contributed by atoms with Gasteiger partial charge in [0.1, 0.15) is 37.9 Å². The number of imide groups is 1. The van der Waals surface area contributed by atoms with E-state index in [1.807, 2.05) is 119 Å². The fraction of sp³-hybridized carbons (Fsp3) is 0.798. The Labute approximate surface area is 890 Å². The minimum absolute atomic E-state index is 0.00492. The number of methoxy groups -OCH3 is 6. The second kappa shape index (κ2) is 80.0. The molecular weight excluding hydrogens is 1980 g/mol. The molecule has 1 aromatic rings. The Morgan fingerprint density at radius 1 is 0.527 bits per heavy atom. The molecule has 1 saturated carbocycles. The molecule has 10 amide bonds. The molecule has 4 rings (SSSR count). The molecule has 19 atom stereocenters. The Bertz CT molecular complexity index is 3990. The number of aliphatic hydroxyl groups is 5. The van der Waals surface area contributed by atoms with Gasteiger partial charge in [0.05, 0.1) is 112 Å². The van der Waals surface area contributed by atoms with E-state index in [1.54, 1.807) is 30.8 Å². The van der Waals surface area contributed by atoms with E-state index >= 15 is 0 Å². The van der Waals surface area contributed by atoms with E-state index in [0.29, 0.717) is 76.8 Å². The number of amides is 10. The van der Waals surface area contributed by atoms with Gasteiger partial charge in [0, 0.05) is 146 Å². The summed E-state index contributed by atoms with van der Waals surface area (Å²) < 4.78 is 74.1. The molecule has 150 heavy (non-hydrogen) atoms. The average Bonchev–Trinajstić information content (AvgIpc) is 1.66. The Morgan fingerprint density at radius 3 is 1.47 bits per heavy atom. The molecule has 2 aliphatic heterocycles. The quantitative estimate of drug-likeness (QED) is 0.0139. The number of carboxylic acids is 1. The first kappa shape index (κ1) is 139. The van der Waals surface area contributed by atoms with Crippen LogP contribution in [0.5, 0.6) is 0 Å². The summed E-state index contributed by atoms with van der Waals surface area (Å²) in [5.41, 5.74) is 0.802. The molecule has 46 heteroatoms. The highest BCUT2D eigenvalue weighted by atomic mass is 32.2. The molecule has 45 nitrogen and oxygen atoms in total. The molecule has 2 heterocycles. The summed E-state index contributed by atoms with van der Waals surface area (Å²) in [5.74, 6) is -6.14. The van der Waals surface area contributed by atoms with Gasteiger partial charge in [-0.05, 0) is 140 Å². The van der Waals surface area contributed by atoms with Crippen molar-refractivity contribution in [1.82, 2.24) is 51.5 Å². The number of ether oxygens (including phenoxy) is 14. The Hall–Kier alpha value is -8.82. The van der Waals surface area contributed by atoms with Gasteiger partial charge in [-0.3, -0.25) is 76.9 Å². The molecule has 3 fully saturated rings. The number of carbonyl (C=O) groups is 15. The number of esters is 4. The maximum atomic E-state index is 14.5. The molecular formula is C104H182N10O35S. The summed E-state index contributed by atoms with van der Waals surface area (Å²) in [6, 6.07) is 4.97. The van der Waals surface area contributed by atoms with Crippen LogP contribution >= 0.6 is 11.8 Å². The molecule has 0 aromatic heterocycles. The van der Waals surface area contributed by atoms with E-state index < -0.39 is 145 Å². The third kappa shape index (κ3) is 54.3. The van der Waals surface area contributed by atoms with Gasteiger partial charge in [0.15, 0.2) is 25.2 Å². The predicted octanol–water partition coefficient (Wildman–Crippen LogP) is 4.66. The van der Waals surface area contributed by atoms with Crippen molar-refractivity contribution in [2.24, 2.45) is 35.5 Å². The fourth-order valence-electron chi connectivity index (χ4n) is 16.8. The van der Waals surface area contributed by atoms with Crippen molar-refractivity contribution in [3.63, 3.8) is 0 Å². The van der Waals surface area contributed by atoms with E-state index in [-0.39, 0.29) is 226 Å². The maximum Gasteiger partial charge on any atom is 0.328 e. The Kier molecular flexibility index (Phi) is 74.3. The van der Waals surface area contributed by atoms with Gasteiger partial charge in [0.2, 0.25) is 59.1 Å². The van der Waals surface area contributed by atoms with Crippen molar-refractivity contribution in [2.75, 3.05) is 162 Å². The minimum atomic E-state index is -1.000. The zero-order chi connectivity index (χ0) is 113. The molecule has 2 saturated heterocycles. The summed E-state index contributed by atoms with van der Waals surface area (Å²) >= 11 is 1.37. The number of aliphatic carboxylic acids is 1. The summed E-state index contributed by atoms with van der Waals surface area (Å²) in [4.78, 5) is 197. The van der Waals surface area contributed by atoms with Crippen LogP contribution in [0.3, 0.4) is 0 Å². The lowest BCUT2D eigenvalue weighted by Crippen LogP contribution is -2.59. The standard InChI is InChI=1S/C58H99N7O15.C27H45N3O9S.C12H22O7.C7H16O4/c1-16-38(7)52(64(12)57(73)50(36(3)4)62-56(72)51(37(5)6)63(10)11)45(75-13)33-47(68)65-30-22-26-44(65)53(77-15)39(8)54(70)61-43(32-41-24-19-18-20-25-41)55(71)59-29-23-31-78-58(74)40(9)60-46(67)27-21-28-48(69)79-35-49(76-14)80-42(17-2)34-66;1-4-20(16-31)39-25(37-3)17-38-24(34)7-5-6-22(32)29-12-13-40-21-14-23(33)30(27(21)36)15-18-8-10-19(11-9-18)26(35)28-2;1-3-9(7-13)19-12(17-2)8-18-11(16)6-4-5-10(14)15;1-3-6(4-8)11-7(5-9)10-2/h18-20,24-25,36-40,42-45,49-53,66H,16-17,21-23,26-35H2,1-15H3,(H,59,71)(H,60,67)(H,61,70)(H,62,72);18-21,25,31H,4-17H2,1-3H3,(H,28,35)(H,29,32);9,12-13H,3-8H2,1-2H3,(H,14,15);6-9H,3-5H2,1-2H3/t38-,39+,40?,42?,43-,44-,45+,49?,50-,51-,52-,53+;;;/m0.../s1. The lowest BCUT2D eigenvalue weighted by molar-refractivity contribution is -0.194. The predicted molar refractivity (Wildman–Crippen MR) is 555 cm³/mol. The smallest absolute Gasteiger partial charge is 0.328 e. The maximum absolute atomic E-state index is 14.5. The average molecular weight is 2160 g/mol. The van der Waals surface area contributed by atoms with Crippen LogP contribution in [0, 0.1) is 35.5 Å². The highest BCUT2D eigenvalue weighted by molar-refractivity contribution is 8.00. The van der Waals surface area contributed by atoms with Crippen LogP contribution in [0.4, 0.5) is 0 Å². The van der Waals surface area contributed by atoms with Crippen molar-refractivity contribution in [1.29, 1.82) is 0 Å². The fourth-order valence-corrected chi connectivity index (χ4v) is 17.9. The van der Waals surface area contributed by atoms with Crippen molar-refractivity contribution in [3.05, 3.63) is 35.9 Å². The highest BCUT2D eigenvalue weighted by Gasteiger charge is 2.46. The molecule has 0 radical (unpaired) electrons. The van der Waals surface area contributed by atoms with Gasteiger partial charge in [-0.2, -0.15) is 0 Å². The molecule has 10 unspecified atom stereocenters. The SMILES string of the molecule is CCC(CO)OC(CO)OC.CCC(CO)OC(COC(=O)CCCC(=O)NC(C)C(=O)OCCCNC(=O)[C@H](Cc1ccccc1)NC(=O)[C@H](C)[C@@H](OC)[C@@H]1CCCN1C(=O)C[C@@H](OC)[C@H]([C@@H](C)CC)N(C)C(=O)[C@@H](NC(=O)[C@H](C(C)C)N(C)C)C(C)C)OC.CCC(CO)OC(COC(=O)CCCC(=O)NCCSC1CC(=O)N(CC2CCC(C(=O)NC)CC2)C1=O)OC.CCC(CO)OC(COC(=O)CCCC(=O)O)OC. The van der Waals surface area contributed by atoms with E-state index in [4.69, 9.17) is 86.7 Å². The second-order valence-corrected chi connectivity index (χ2v) is 39.5. The zero-order valence-electron chi connectivity index (χ0n) is 92.8. The van der Waals surface area contributed by atoms with Crippen LogP contribution in [0.15, 0.2) is 30.3 Å². The number of thioether (sulfide) groups is 1. The molecule has 3 aliphatic rings. The van der Waals surface area contributed by atoms with Crippen LogP contribution in [-0.2, 0) is 145 Å². The number of carbonyl (C=O) groups excluding carboxylic acids is 14. The van der Waals surface area contributed by atoms with Crippen LogP contribution in [0.1, 0.15) is 236 Å².